The SMILES string of the molecule is CC1NCCN(S(=O)(=O)c2ccc(OCC(F)(F)F)nc2)C1C.Cl. The number of pyridine rings is 1. The maximum Gasteiger partial charge on any atom is 0.422 e. The molecule has 0 aliphatic carbocycles. The molecule has 1 fully saturated rings. The van der Waals surface area contributed by atoms with E-state index in [-0.39, 0.29) is 35.3 Å². The number of halogens is 4. The molecule has 0 radical (unpaired) electrons. The Morgan fingerprint density at radius 2 is 2.04 bits per heavy atom. The quantitative estimate of drug-likeness (QED) is 0.850. The van der Waals surface area contributed by atoms with E-state index in [1.54, 1.807) is 6.92 Å². The number of ether oxygens (including phenoxy) is 1. The summed E-state index contributed by atoms with van der Waals surface area (Å²) in [7, 11) is -3.75. The minimum Gasteiger partial charge on any atom is -0.468 e. The Hall–Kier alpha value is -1.10. The molecule has 0 spiro atoms. The summed E-state index contributed by atoms with van der Waals surface area (Å²) >= 11 is 0. The molecule has 2 heterocycles. The number of hydrogen-bond acceptors (Lipinski definition) is 5. The minimum atomic E-state index is -4.47. The number of aromatic nitrogens is 1. The molecule has 1 aromatic heterocycles. The van der Waals surface area contributed by atoms with E-state index in [0.29, 0.717) is 13.1 Å². The van der Waals surface area contributed by atoms with Gasteiger partial charge in [-0.25, -0.2) is 13.4 Å². The van der Waals surface area contributed by atoms with Crippen molar-refractivity contribution < 1.29 is 26.3 Å². The molecule has 138 valence electrons. The monoisotopic (exact) mass is 389 g/mol. The van der Waals surface area contributed by atoms with Crippen LogP contribution in [0.1, 0.15) is 13.8 Å². The van der Waals surface area contributed by atoms with E-state index in [2.05, 4.69) is 15.0 Å². The molecule has 2 rings (SSSR count). The first-order valence-electron chi connectivity index (χ1n) is 7.02. The molecule has 2 unspecified atom stereocenters. The van der Waals surface area contributed by atoms with Crippen LogP contribution in [0.15, 0.2) is 23.2 Å². The molecule has 6 nitrogen and oxygen atoms in total. The van der Waals surface area contributed by atoms with E-state index >= 15 is 0 Å². The van der Waals surface area contributed by atoms with Crippen LogP contribution in [0.25, 0.3) is 0 Å². The van der Waals surface area contributed by atoms with Crippen LogP contribution in [0.4, 0.5) is 13.2 Å². The molecular formula is C13H19ClF3N3O3S. The standard InChI is InChI=1S/C13H18F3N3O3S.ClH/c1-9-10(2)19(6-5-17-9)23(20,21)11-3-4-12(18-7-11)22-8-13(14,15)16;/h3-4,7,9-10,17H,5-6,8H2,1-2H3;1H. The zero-order chi connectivity index (χ0) is 17.3. The van der Waals surface area contributed by atoms with Crippen molar-refractivity contribution in [3.8, 4) is 5.88 Å². The maximum atomic E-state index is 12.6. The van der Waals surface area contributed by atoms with Crippen molar-refractivity contribution in [1.82, 2.24) is 14.6 Å². The second-order valence-corrected chi connectivity index (χ2v) is 7.23. The van der Waals surface area contributed by atoms with Gasteiger partial charge in [0, 0.05) is 31.2 Å². The Labute approximate surface area is 144 Å². The lowest BCUT2D eigenvalue weighted by Crippen LogP contribution is -2.57. The normalized spacial score (nSPS) is 22.7. The van der Waals surface area contributed by atoms with Gasteiger partial charge >= 0.3 is 6.18 Å². The third-order valence-electron chi connectivity index (χ3n) is 3.68. The summed E-state index contributed by atoms with van der Waals surface area (Å²) in [6.45, 7) is 3.06. The van der Waals surface area contributed by atoms with E-state index in [1.165, 1.54) is 10.4 Å². The van der Waals surface area contributed by atoms with Crippen molar-refractivity contribution in [2.24, 2.45) is 0 Å². The average molecular weight is 390 g/mol. The number of alkyl halides is 3. The van der Waals surface area contributed by atoms with Gasteiger partial charge in [0.15, 0.2) is 6.61 Å². The van der Waals surface area contributed by atoms with E-state index in [1.807, 2.05) is 6.92 Å². The lowest BCUT2D eigenvalue weighted by atomic mass is 10.1. The number of hydrogen-bond donors (Lipinski definition) is 1. The summed E-state index contributed by atoms with van der Waals surface area (Å²) in [6, 6.07) is 2.08. The number of nitrogens with one attached hydrogen (secondary N) is 1. The molecule has 0 aromatic carbocycles. The van der Waals surface area contributed by atoms with Gasteiger partial charge in [-0.15, -0.1) is 12.4 Å². The van der Waals surface area contributed by atoms with Crippen LogP contribution in [0.3, 0.4) is 0 Å². The van der Waals surface area contributed by atoms with Gasteiger partial charge < -0.3 is 10.1 Å². The van der Waals surface area contributed by atoms with Crippen LogP contribution in [-0.4, -0.2) is 55.7 Å². The van der Waals surface area contributed by atoms with Crippen molar-refractivity contribution >= 4 is 22.4 Å². The fourth-order valence-electron chi connectivity index (χ4n) is 2.26. The molecule has 1 aromatic rings. The molecule has 0 saturated carbocycles. The predicted octanol–water partition coefficient (Wildman–Crippen LogP) is 1.82. The van der Waals surface area contributed by atoms with Gasteiger partial charge in [0.1, 0.15) is 4.90 Å². The first-order chi connectivity index (χ1) is 10.6. The highest BCUT2D eigenvalue weighted by Crippen LogP contribution is 2.23. The Morgan fingerprint density at radius 1 is 1.38 bits per heavy atom. The molecule has 0 bridgehead atoms. The Bertz CT molecular complexity index is 640. The third-order valence-corrected chi connectivity index (χ3v) is 5.65. The van der Waals surface area contributed by atoms with Crippen molar-refractivity contribution in [2.45, 2.75) is 37.0 Å². The van der Waals surface area contributed by atoms with E-state index in [0.717, 1.165) is 12.3 Å². The van der Waals surface area contributed by atoms with Crippen LogP contribution in [-0.2, 0) is 10.0 Å². The Kier molecular flexibility index (Phi) is 6.85. The fourth-order valence-corrected chi connectivity index (χ4v) is 3.91. The highest BCUT2D eigenvalue weighted by atomic mass is 35.5. The first-order valence-corrected chi connectivity index (χ1v) is 8.46. The summed E-state index contributed by atoms with van der Waals surface area (Å²) in [6.07, 6.45) is -3.46. The molecule has 0 amide bonds. The summed E-state index contributed by atoms with van der Waals surface area (Å²) < 4.78 is 67.3. The van der Waals surface area contributed by atoms with Crippen LogP contribution in [0.2, 0.25) is 0 Å². The maximum absolute atomic E-state index is 12.6. The summed E-state index contributed by atoms with van der Waals surface area (Å²) in [5, 5.41) is 3.18. The van der Waals surface area contributed by atoms with Gasteiger partial charge in [-0.2, -0.15) is 17.5 Å². The van der Waals surface area contributed by atoms with Crippen molar-refractivity contribution in [1.29, 1.82) is 0 Å². The largest absolute Gasteiger partial charge is 0.468 e. The van der Waals surface area contributed by atoms with E-state index in [4.69, 9.17) is 0 Å². The average Bonchev–Trinajstić information content (AvgIpc) is 2.47. The summed E-state index contributed by atoms with van der Waals surface area (Å²) in [4.78, 5) is 3.57. The lowest BCUT2D eigenvalue weighted by Gasteiger charge is -2.37. The molecule has 1 N–H and O–H groups in total. The molecule has 1 aliphatic heterocycles. The second-order valence-electron chi connectivity index (χ2n) is 5.34. The number of nitrogens with zero attached hydrogens (tertiary/aromatic N) is 2. The van der Waals surface area contributed by atoms with Gasteiger partial charge in [0.25, 0.3) is 0 Å². The van der Waals surface area contributed by atoms with Gasteiger partial charge in [-0.3, -0.25) is 0 Å². The number of sulfonamides is 1. The molecule has 11 heteroatoms. The van der Waals surface area contributed by atoms with Gasteiger partial charge in [-0.05, 0) is 19.9 Å². The minimum absolute atomic E-state index is 0. The van der Waals surface area contributed by atoms with Gasteiger partial charge in [0.05, 0.1) is 6.20 Å². The molecule has 2 atom stereocenters. The third kappa shape index (κ3) is 4.95. The van der Waals surface area contributed by atoms with Crippen LogP contribution in [0.5, 0.6) is 5.88 Å². The number of piperazine rings is 1. The molecule has 1 aliphatic rings. The zero-order valence-corrected chi connectivity index (χ0v) is 14.7. The van der Waals surface area contributed by atoms with Crippen molar-refractivity contribution in [2.75, 3.05) is 19.7 Å². The van der Waals surface area contributed by atoms with Crippen LogP contribution >= 0.6 is 12.4 Å². The molecule has 24 heavy (non-hydrogen) atoms. The summed E-state index contributed by atoms with van der Waals surface area (Å²) in [5.74, 6) is -0.275. The zero-order valence-electron chi connectivity index (χ0n) is 13.1. The van der Waals surface area contributed by atoms with Crippen LogP contribution < -0.4 is 10.1 Å². The van der Waals surface area contributed by atoms with Gasteiger partial charge in [-0.1, -0.05) is 0 Å². The second kappa shape index (κ2) is 7.85. The number of rotatable bonds is 4. The first kappa shape index (κ1) is 20.9. The van der Waals surface area contributed by atoms with E-state index < -0.39 is 22.8 Å². The fraction of sp³-hybridized carbons (Fsp3) is 0.615. The highest BCUT2D eigenvalue weighted by Gasteiger charge is 2.34. The van der Waals surface area contributed by atoms with Crippen LogP contribution in [0, 0.1) is 0 Å². The van der Waals surface area contributed by atoms with Crippen molar-refractivity contribution in [3.63, 3.8) is 0 Å². The smallest absolute Gasteiger partial charge is 0.422 e. The Morgan fingerprint density at radius 3 is 2.58 bits per heavy atom. The highest BCUT2D eigenvalue weighted by molar-refractivity contribution is 7.89. The molecular weight excluding hydrogens is 371 g/mol. The summed E-state index contributed by atoms with van der Waals surface area (Å²) in [5.41, 5.74) is 0. The molecule has 1 saturated heterocycles. The Balaban J connectivity index is 0.00000288. The van der Waals surface area contributed by atoms with E-state index in [9.17, 15) is 21.6 Å². The van der Waals surface area contributed by atoms with Crippen molar-refractivity contribution in [3.05, 3.63) is 18.3 Å². The topological polar surface area (TPSA) is 71.5 Å². The predicted molar refractivity (Wildman–Crippen MR) is 83.9 cm³/mol. The van der Waals surface area contributed by atoms with Gasteiger partial charge in [0.2, 0.25) is 15.9 Å². The lowest BCUT2D eigenvalue weighted by molar-refractivity contribution is -0.154.